The highest BCUT2D eigenvalue weighted by Gasteiger charge is 2.25. The van der Waals surface area contributed by atoms with Crippen LogP contribution < -0.4 is 0 Å². The Hall–Kier alpha value is -0.580. The first-order valence-electron chi connectivity index (χ1n) is 8.10. The molecular formula is C17H25FN2S. The van der Waals surface area contributed by atoms with Crippen LogP contribution in [0.2, 0.25) is 0 Å². The van der Waals surface area contributed by atoms with Crippen LogP contribution >= 0.6 is 11.8 Å². The molecule has 4 heteroatoms. The van der Waals surface area contributed by atoms with Gasteiger partial charge in [0.05, 0.1) is 0 Å². The van der Waals surface area contributed by atoms with E-state index in [4.69, 9.17) is 0 Å². The Morgan fingerprint density at radius 3 is 2.33 bits per heavy atom. The molecule has 2 heterocycles. The molecule has 0 spiro atoms. The number of piperidine rings is 1. The Labute approximate surface area is 131 Å². The van der Waals surface area contributed by atoms with Gasteiger partial charge in [-0.3, -0.25) is 4.90 Å². The largest absolute Gasteiger partial charge is 0.303 e. The number of thioether (sulfide) groups is 1. The van der Waals surface area contributed by atoms with Crippen LogP contribution in [0.5, 0.6) is 0 Å². The van der Waals surface area contributed by atoms with Gasteiger partial charge in [-0.2, -0.15) is 11.8 Å². The summed E-state index contributed by atoms with van der Waals surface area (Å²) in [4.78, 5) is 5.27. The van der Waals surface area contributed by atoms with E-state index in [1.807, 2.05) is 12.1 Å². The molecule has 0 unspecified atom stereocenters. The van der Waals surface area contributed by atoms with Crippen molar-refractivity contribution >= 4 is 11.8 Å². The van der Waals surface area contributed by atoms with Crippen LogP contribution in [0.15, 0.2) is 24.3 Å². The summed E-state index contributed by atoms with van der Waals surface area (Å²) in [6.07, 6.45) is 3.66. The molecule has 2 aliphatic heterocycles. The number of hydrogen-bond donors (Lipinski definition) is 0. The molecule has 0 aliphatic carbocycles. The predicted octanol–water partition coefficient (Wildman–Crippen LogP) is 2.88. The summed E-state index contributed by atoms with van der Waals surface area (Å²) < 4.78 is 12.9. The van der Waals surface area contributed by atoms with Crippen molar-refractivity contribution in [1.29, 1.82) is 0 Å². The maximum Gasteiger partial charge on any atom is 0.123 e. The zero-order chi connectivity index (χ0) is 14.5. The lowest BCUT2D eigenvalue weighted by molar-refractivity contribution is 0.117. The van der Waals surface area contributed by atoms with E-state index in [-0.39, 0.29) is 5.82 Å². The normalized spacial score (nSPS) is 22.5. The topological polar surface area (TPSA) is 6.48 Å². The highest BCUT2D eigenvalue weighted by Crippen LogP contribution is 2.20. The second-order valence-corrected chi connectivity index (χ2v) is 7.32. The van der Waals surface area contributed by atoms with Gasteiger partial charge in [0.15, 0.2) is 0 Å². The summed E-state index contributed by atoms with van der Waals surface area (Å²) in [5, 5.41) is 0. The van der Waals surface area contributed by atoms with Crippen LogP contribution in [0.1, 0.15) is 18.4 Å². The van der Waals surface area contributed by atoms with Gasteiger partial charge in [0.1, 0.15) is 5.82 Å². The van der Waals surface area contributed by atoms with Gasteiger partial charge in [0.2, 0.25) is 0 Å². The van der Waals surface area contributed by atoms with Gasteiger partial charge in [0, 0.05) is 37.2 Å². The van der Waals surface area contributed by atoms with E-state index >= 15 is 0 Å². The molecule has 1 aromatic carbocycles. The van der Waals surface area contributed by atoms with E-state index < -0.39 is 0 Å². The van der Waals surface area contributed by atoms with E-state index in [0.717, 1.165) is 19.0 Å². The molecule has 2 fully saturated rings. The van der Waals surface area contributed by atoms with E-state index in [1.54, 1.807) is 12.1 Å². The molecule has 0 aromatic heterocycles. The Kier molecular flexibility index (Phi) is 5.55. The van der Waals surface area contributed by atoms with Crippen LogP contribution in [0.3, 0.4) is 0 Å². The highest BCUT2D eigenvalue weighted by molar-refractivity contribution is 7.99. The second-order valence-electron chi connectivity index (χ2n) is 6.10. The third-order valence-electron chi connectivity index (χ3n) is 4.75. The van der Waals surface area contributed by atoms with E-state index in [0.29, 0.717) is 0 Å². The van der Waals surface area contributed by atoms with E-state index in [9.17, 15) is 4.39 Å². The van der Waals surface area contributed by atoms with Crippen molar-refractivity contribution in [2.24, 2.45) is 0 Å². The van der Waals surface area contributed by atoms with Crippen molar-refractivity contribution in [3.05, 3.63) is 35.6 Å². The minimum atomic E-state index is -0.140. The molecule has 0 radical (unpaired) electrons. The monoisotopic (exact) mass is 308 g/mol. The van der Waals surface area contributed by atoms with Crippen molar-refractivity contribution in [1.82, 2.24) is 9.80 Å². The zero-order valence-corrected chi connectivity index (χ0v) is 13.5. The minimum absolute atomic E-state index is 0.140. The van der Waals surface area contributed by atoms with Gasteiger partial charge >= 0.3 is 0 Å². The fourth-order valence-electron chi connectivity index (χ4n) is 3.39. The van der Waals surface area contributed by atoms with Gasteiger partial charge < -0.3 is 4.90 Å². The molecule has 0 saturated carbocycles. The molecule has 2 saturated heterocycles. The molecule has 3 rings (SSSR count). The Morgan fingerprint density at radius 2 is 1.67 bits per heavy atom. The third-order valence-corrected chi connectivity index (χ3v) is 5.69. The summed E-state index contributed by atoms with van der Waals surface area (Å²) in [5.74, 6) is 2.48. The predicted molar refractivity (Wildman–Crippen MR) is 88.5 cm³/mol. The van der Waals surface area contributed by atoms with E-state index in [1.165, 1.54) is 56.1 Å². The summed E-state index contributed by atoms with van der Waals surface area (Å²) in [6.45, 7) is 6.11. The maximum atomic E-state index is 12.9. The number of benzene rings is 1. The summed E-state index contributed by atoms with van der Waals surface area (Å²) in [5.41, 5.74) is 1.24. The number of hydrogen-bond acceptors (Lipinski definition) is 3. The molecule has 0 amide bonds. The van der Waals surface area contributed by atoms with Gasteiger partial charge in [-0.15, -0.1) is 0 Å². The average molecular weight is 308 g/mol. The standard InChI is InChI=1S/C17H25FN2S/c18-16-3-1-15(2-4-16)5-8-19-9-6-17(7-10-19)20-11-13-21-14-12-20/h1-4,17H,5-14H2. The number of rotatable bonds is 4. The smallest absolute Gasteiger partial charge is 0.123 e. The minimum Gasteiger partial charge on any atom is -0.303 e. The third kappa shape index (κ3) is 4.44. The lowest BCUT2D eigenvalue weighted by atomic mass is 10.0. The van der Waals surface area contributed by atoms with E-state index in [2.05, 4.69) is 21.6 Å². The Morgan fingerprint density at radius 1 is 1.00 bits per heavy atom. The van der Waals surface area contributed by atoms with Crippen molar-refractivity contribution in [2.75, 3.05) is 44.2 Å². The fraction of sp³-hybridized carbons (Fsp3) is 0.647. The van der Waals surface area contributed by atoms with Crippen LogP contribution in [0.25, 0.3) is 0 Å². The van der Waals surface area contributed by atoms with Gasteiger partial charge in [-0.05, 0) is 50.0 Å². The van der Waals surface area contributed by atoms with Gasteiger partial charge in [0.25, 0.3) is 0 Å². The van der Waals surface area contributed by atoms with Gasteiger partial charge in [-0.1, -0.05) is 12.1 Å². The van der Waals surface area contributed by atoms with Crippen LogP contribution in [-0.2, 0) is 6.42 Å². The molecule has 0 N–H and O–H groups in total. The Balaban J connectivity index is 1.40. The number of likely N-dealkylation sites (tertiary alicyclic amines) is 1. The first kappa shape index (κ1) is 15.3. The molecule has 116 valence electrons. The van der Waals surface area contributed by atoms with Gasteiger partial charge in [-0.25, -0.2) is 4.39 Å². The average Bonchev–Trinajstić information content (AvgIpc) is 2.56. The maximum absolute atomic E-state index is 12.9. The number of nitrogens with zero attached hydrogens (tertiary/aromatic N) is 2. The Bertz CT molecular complexity index is 423. The molecule has 1 aromatic rings. The van der Waals surface area contributed by atoms with Crippen molar-refractivity contribution in [2.45, 2.75) is 25.3 Å². The lowest BCUT2D eigenvalue weighted by Crippen LogP contribution is -2.48. The van der Waals surface area contributed by atoms with Crippen LogP contribution in [0, 0.1) is 5.82 Å². The molecule has 0 bridgehead atoms. The number of halogens is 1. The highest BCUT2D eigenvalue weighted by atomic mass is 32.2. The fourth-order valence-corrected chi connectivity index (χ4v) is 4.32. The summed E-state index contributed by atoms with van der Waals surface area (Å²) >= 11 is 2.09. The molecule has 2 aliphatic rings. The van der Waals surface area contributed by atoms with Crippen LogP contribution in [-0.4, -0.2) is 60.1 Å². The molecule has 0 atom stereocenters. The summed E-state index contributed by atoms with van der Waals surface area (Å²) in [7, 11) is 0. The quantitative estimate of drug-likeness (QED) is 0.844. The zero-order valence-electron chi connectivity index (χ0n) is 12.6. The molecule has 2 nitrogen and oxygen atoms in total. The van der Waals surface area contributed by atoms with Crippen LogP contribution in [0.4, 0.5) is 4.39 Å². The van der Waals surface area contributed by atoms with Crippen molar-refractivity contribution in [3.8, 4) is 0 Å². The van der Waals surface area contributed by atoms with Crippen molar-refractivity contribution in [3.63, 3.8) is 0 Å². The van der Waals surface area contributed by atoms with Crippen molar-refractivity contribution < 1.29 is 4.39 Å². The molecular weight excluding hydrogens is 283 g/mol. The lowest BCUT2D eigenvalue weighted by Gasteiger charge is -2.40. The second kappa shape index (κ2) is 7.61. The molecule has 21 heavy (non-hydrogen) atoms. The first-order chi connectivity index (χ1) is 10.3. The first-order valence-corrected chi connectivity index (χ1v) is 9.25. The SMILES string of the molecule is Fc1ccc(CCN2CCC(N3CCSCC3)CC2)cc1. The summed E-state index contributed by atoms with van der Waals surface area (Å²) in [6, 6.07) is 7.76.